The van der Waals surface area contributed by atoms with Crippen molar-refractivity contribution < 1.29 is 4.74 Å². The molecule has 3 rings (SSSR count). The van der Waals surface area contributed by atoms with E-state index in [-0.39, 0.29) is 0 Å². The van der Waals surface area contributed by atoms with Gasteiger partial charge in [0.05, 0.1) is 7.11 Å². The molecule has 3 nitrogen and oxygen atoms in total. The summed E-state index contributed by atoms with van der Waals surface area (Å²) in [7, 11) is 1.72. The number of rotatable bonds is 3. The van der Waals surface area contributed by atoms with E-state index in [0.717, 1.165) is 24.8 Å². The minimum atomic E-state index is 0.554. The number of methoxy groups -OCH3 is 1. The van der Waals surface area contributed by atoms with Crippen molar-refractivity contribution in [1.29, 1.82) is 0 Å². The molecule has 116 valence electrons. The molecule has 0 radical (unpaired) electrons. The number of hydrogen-bond donors (Lipinski definition) is 1. The van der Waals surface area contributed by atoms with Crippen LogP contribution in [0.4, 0.5) is 5.69 Å². The number of nitrogens with zero attached hydrogens (tertiary/aromatic N) is 1. The summed E-state index contributed by atoms with van der Waals surface area (Å²) in [6.45, 7) is 4.54. The predicted octanol–water partition coefficient (Wildman–Crippen LogP) is 3.44. The van der Waals surface area contributed by atoms with Crippen molar-refractivity contribution >= 4 is 5.69 Å². The van der Waals surface area contributed by atoms with Gasteiger partial charge in [0.1, 0.15) is 5.75 Å². The molecular formula is C18H28N2O. The van der Waals surface area contributed by atoms with Crippen LogP contribution in [0.15, 0.2) is 24.3 Å². The van der Waals surface area contributed by atoms with Gasteiger partial charge >= 0.3 is 0 Å². The fourth-order valence-electron chi connectivity index (χ4n) is 3.87. The van der Waals surface area contributed by atoms with Gasteiger partial charge in [-0.25, -0.2) is 0 Å². The molecule has 0 spiro atoms. The van der Waals surface area contributed by atoms with Crippen LogP contribution in [0, 0.1) is 5.92 Å². The maximum Gasteiger partial charge on any atom is 0.119 e. The Balaban J connectivity index is 1.70. The van der Waals surface area contributed by atoms with E-state index in [9.17, 15) is 0 Å². The van der Waals surface area contributed by atoms with Gasteiger partial charge in [0, 0.05) is 30.9 Å². The molecule has 1 heterocycles. The summed E-state index contributed by atoms with van der Waals surface area (Å²) in [5.41, 5.74) is 1.32. The zero-order valence-corrected chi connectivity index (χ0v) is 13.3. The second kappa shape index (κ2) is 6.69. The van der Waals surface area contributed by atoms with Crippen molar-refractivity contribution in [3.8, 4) is 5.75 Å². The number of benzene rings is 1. The van der Waals surface area contributed by atoms with Crippen LogP contribution in [0.5, 0.6) is 5.75 Å². The van der Waals surface area contributed by atoms with Crippen LogP contribution in [0.3, 0.4) is 0 Å². The van der Waals surface area contributed by atoms with Crippen molar-refractivity contribution in [2.45, 2.75) is 51.1 Å². The lowest BCUT2D eigenvalue weighted by atomic mass is 9.82. The van der Waals surface area contributed by atoms with Gasteiger partial charge in [-0.3, -0.25) is 0 Å². The van der Waals surface area contributed by atoms with Crippen LogP contribution in [-0.4, -0.2) is 32.3 Å². The third-order valence-electron chi connectivity index (χ3n) is 5.22. The Bertz CT molecular complexity index is 439. The normalized spacial score (nSPS) is 27.6. The summed E-state index contributed by atoms with van der Waals surface area (Å²) in [4.78, 5) is 2.56. The molecule has 0 aromatic heterocycles. The first-order valence-corrected chi connectivity index (χ1v) is 8.42. The van der Waals surface area contributed by atoms with Crippen LogP contribution < -0.4 is 15.0 Å². The summed E-state index contributed by atoms with van der Waals surface area (Å²) < 4.78 is 5.27. The molecule has 1 N–H and O–H groups in total. The second-order valence-corrected chi connectivity index (χ2v) is 6.61. The van der Waals surface area contributed by atoms with Crippen molar-refractivity contribution in [2.24, 2.45) is 5.92 Å². The third-order valence-corrected chi connectivity index (χ3v) is 5.22. The number of anilines is 1. The Morgan fingerprint density at radius 3 is 2.48 bits per heavy atom. The lowest BCUT2D eigenvalue weighted by Crippen LogP contribution is -2.58. The smallest absolute Gasteiger partial charge is 0.119 e. The maximum absolute atomic E-state index is 5.27. The molecule has 2 unspecified atom stereocenters. The molecule has 1 aliphatic carbocycles. The zero-order chi connectivity index (χ0) is 14.7. The summed E-state index contributed by atoms with van der Waals surface area (Å²) in [6.07, 6.45) is 7.08. The van der Waals surface area contributed by atoms with Crippen molar-refractivity contribution in [3.63, 3.8) is 0 Å². The first kappa shape index (κ1) is 14.7. The highest BCUT2D eigenvalue weighted by molar-refractivity contribution is 5.50. The summed E-state index contributed by atoms with van der Waals surface area (Å²) in [5, 5.41) is 3.79. The lowest BCUT2D eigenvalue weighted by Gasteiger charge is -2.44. The fourth-order valence-corrected chi connectivity index (χ4v) is 3.87. The number of ether oxygens (including phenoxy) is 1. The molecule has 0 bridgehead atoms. The van der Waals surface area contributed by atoms with Crippen molar-refractivity contribution in [1.82, 2.24) is 5.32 Å². The van der Waals surface area contributed by atoms with Crippen LogP contribution in [0.2, 0.25) is 0 Å². The molecule has 1 saturated heterocycles. The number of nitrogens with one attached hydrogen (secondary N) is 1. The SMILES string of the molecule is COc1ccc(N2CC(C3CCCCC3)NCC2C)cc1. The van der Waals surface area contributed by atoms with Crippen LogP contribution >= 0.6 is 0 Å². The average Bonchev–Trinajstić information content (AvgIpc) is 2.56. The van der Waals surface area contributed by atoms with Crippen LogP contribution in [0.1, 0.15) is 39.0 Å². The molecule has 1 aliphatic heterocycles. The van der Waals surface area contributed by atoms with E-state index in [1.54, 1.807) is 7.11 Å². The van der Waals surface area contributed by atoms with E-state index < -0.39 is 0 Å². The van der Waals surface area contributed by atoms with Gasteiger partial charge in [-0.2, -0.15) is 0 Å². The van der Waals surface area contributed by atoms with Gasteiger partial charge in [-0.15, -0.1) is 0 Å². The van der Waals surface area contributed by atoms with Crippen LogP contribution in [0.25, 0.3) is 0 Å². The summed E-state index contributed by atoms with van der Waals surface area (Å²) in [6, 6.07) is 9.73. The van der Waals surface area contributed by atoms with Gasteiger partial charge in [0.15, 0.2) is 0 Å². The topological polar surface area (TPSA) is 24.5 Å². The van der Waals surface area contributed by atoms with Gasteiger partial charge in [0.2, 0.25) is 0 Å². The summed E-state index contributed by atoms with van der Waals surface area (Å²) >= 11 is 0. The highest BCUT2D eigenvalue weighted by atomic mass is 16.5. The zero-order valence-electron chi connectivity index (χ0n) is 13.3. The number of piperazine rings is 1. The van der Waals surface area contributed by atoms with Crippen molar-refractivity contribution in [3.05, 3.63) is 24.3 Å². The lowest BCUT2D eigenvalue weighted by molar-refractivity contribution is 0.245. The van der Waals surface area contributed by atoms with Gasteiger partial charge in [-0.1, -0.05) is 19.3 Å². The molecule has 1 aromatic carbocycles. The van der Waals surface area contributed by atoms with Gasteiger partial charge < -0.3 is 15.0 Å². The third kappa shape index (κ3) is 3.34. The largest absolute Gasteiger partial charge is 0.497 e. The highest BCUT2D eigenvalue weighted by Crippen LogP contribution is 2.30. The van der Waals surface area contributed by atoms with Crippen LogP contribution in [-0.2, 0) is 0 Å². The quantitative estimate of drug-likeness (QED) is 0.922. The molecule has 21 heavy (non-hydrogen) atoms. The Morgan fingerprint density at radius 1 is 1.10 bits per heavy atom. The Labute approximate surface area is 128 Å². The van der Waals surface area contributed by atoms with E-state index in [2.05, 4.69) is 41.4 Å². The Morgan fingerprint density at radius 2 is 1.81 bits per heavy atom. The molecule has 1 saturated carbocycles. The summed E-state index contributed by atoms with van der Waals surface area (Å²) in [5.74, 6) is 1.80. The number of hydrogen-bond acceptors (Lipinski definition) is 3. The Hall–Kier alpha value is -1.22. The molecular weight excluding hydrogens is 260 g/mol. The molecule has 3 heteroatoms. The monoisotopic (exact) mass is 288 g/mol. The van der Waals surface area contributed by atoms with Crippen molar-refractivity contribution in [2.75, 3.05) is 25.1 Å². The van der Waals surface area contributed by atoms with E-state index in [1.807, 2.05) is 0 Å². The maximum atomic E-state index is 5.27. The minimum Gasteiger partial charge on any atom is -0.497 e. The predicted molar refractivity (Wildman–Crippen MR) is 88.2 cm³/mol. The van der Waals surface area contributed by atoms with E-state index in [4.69, 9.17) is 4.74 Å². The average molecular weight is 288 g/mol. The van der Waals surface area contributed by atoms with E-state index in [1.165, 1.54) is 37.8 Å². The molecule has 0 amide bonds. The van der Waals surface area contributed by atoms with Gasteiger partial charge in [-0.05, 0) is 49.9 Å². The highest BCUT2D eigenvalue weighted by Gasteiger charge is 2.31. The minimum absolute atomic E-state index is 0.554. The molecule has 2 aliphatic rings. The van der Waals surface area contributed by atoms with Gasteiger partial charge in [0.25, 0.3) is 0 Å². The standard InChI is InChI=1S/C18H28N2O/c1-14-12-19-18(15-6-4-3-5-7-15)13-20(14)16-8-10-17(21-2)11-9-16/h8-11,14-15,18-19H,3-7,12-13H2,1-2H3. The van der Waals surface area contributed by atoms with E-state index in [0.29, 0.717) is 12.1 Å². The first-order chi connectivity index (χ1) is 10.3. The first-order valence-electron chi connectivity index (χ1n) is 8.42. The fraction of sp³-hybridized carbons (Fsp3) is 0.667. The second-order valence-electron chi connectivity index (χ2n) is 6.61. The molecule has 1 aromatic rings. The Kier molecular flexibility index (Phi) is 4.69. The van der Waals surface area contributed by atoms with E-state index >= 15 is 0 Å². The molecule has 2 fully saturated rings. The molecule has 2 atom stereocenters.